The van der Waals surface area contributed by atoms with E-state index in [4.69, 9.17) is 10.5 Å². The monoisotopic (exact) mass is 301 g/mol. The first-order valence-electron chi connectivity index (χ1n) is 6.90. The van der Waals surface area contributed by atoms with Crippen LogP contribution in [-0.2, 0) is 6.54 Å². The van der Waals surface area contributed by atoms with Gasteiger partial charge in [0.05, 0.1) is 18.9 Å². The van der Waals surface area contributed by atoms with E-state index in [9.17, 15) is 4.79 Å². The van der Waals surface area contributed by atoms with Crippen molar-refractivity contribution in [1.29, 1.82) is 0 Å². The Bertz CT molecular complexity index is 650. The predicted molar refractivity (Wildman–Crippen MR) is 83.8 cm³/mol. The minimum atomic E-state index is -0.701. The number of rotatable bonds is 6. The van der Waals surface area contributed by atoms with E-state index in [0.29, 0.717) is 6.54 Å². The second-order valence-electron chi connectivity index (χ2n) is 4.97. The fourth-order valence-electron chi connectivity index (χ4n) is 1.91. The summed E-state index contributed by atoms with van der Waals surface area (Å²) in [6, 6.07) is 6.84. The molecule has 2 aromatic rings. The molecule has 0 aliphatic rings. The van der Waals surface area contributed by atoms with Crippen LogP contribution in [0.5, 0.6) is 5.75 Å². The van der Waals surface area contributed by atoms with Crippen molar-refractivity contribution in [2.75, 3.05) is 0 Å². The molecule has 0 aliphatic heterocycles. The lowest BCUT2D eigenvalue weighted by Gasteiger charge is -2.15. The van der Waals surface area contributed by atoms with Gasteiger partial charge in [0.15, 0.2) is 0 Å². The Balaban J connectivity index is 2.23. The molecule has 2 rings (SSSR count). The van der Waals surface area contributed by atoms with Crippen LogP contribution in [0.15, 0.2) is 41.8 Å². The first-order chi connectivity index (χ1) is 10.5. The highest BCUT2D eigenvalue weighted by Crippen LogP contribution is 2.22. The number of hydrogen-bond donors (Lipinski definition) is 2. The Hall–Kier alpha value is -2.83. The molecule has 1 aromatic heterocycles. The van der Waals surface area contributed by atoms with Crippen molar-refractivity contribution in [3.63, 3.8) is 0 Å². The minimum absolute atomic E-state index is 0.0763. The second kappa shape index (κ2) is 7.26. The second-order valence-corrected chi connectivity index (χ2v) is 4.97. The SMILES string of the molecule is CC(C)Oc1ccc(C=NNC(N)=O)cc1Cn1cccn1. The summed E-state index contributed by atoms with van der Waals surface area (Å²) >= 11 is 0. The van der Waals surface area contributed by atoms with Gasteiger partial charge in [-0.3, -0.25) is 4.68 Å². The van der Waals surface area contributed by atoms with Crippen molar-refractivity contribution in [2.45, 2.75) is 26.5 Å². The minimum Gasteiger partial charge on any atom is -0.491 e. The molecular formula is C15H19N5O2. The molecule has 7 heteroatoms. The van der Waals surface area contributed by atoms with Crippen LogP contribution in [0.3, 0.4) is 0 Å². The van der Waals surface area contributed by atoms with Crippen molar-refractivity contribution < 1.29 is 9.53 Å². The molecule has 22 heavy (non-hydrogen) atoms. The Kier molecular flexibility index (Phi) is 5.13. The largest absolute Gasteiger partial charge is 0.491 e. The Morgan fingerprint density at radius 2 is 2.36 bits per heavy atom. The summed E-state index contributed by atoms with van der Waals surface area (Å²) in [6.45, 7) is 4.54. The van der Waals surface area contributed by atoms with Crippen LogP contribution < -0.4 is 15.9 Å². The van der Waals surface area contributed by atoms with E-state index in [0.717, 1.165) is 16.9 Å². The number of ether oxygens (including phenoxy) is 1. The van der Waals surface area contributed by atoms with E-state index in [1.54, 1.807) is 6.20 Å². The van der Waals surface area contributed by atoms with Gasteiger partial charge in [-0.25, -0.2) is 10.2 Å². The number of hydrazone groups is 1. The number of carbonyl (C=O) groups excluding carboxylic acids is 1. The highest BCUT2D eigenvalue weighted by Gasteiger charge is 2.08. The zero-order valence-corrected chi connectivity index (χ0v) is 12.6. The molecule has 0 fully saturated rings. The van der Waals surface area contributed by atoms with E-state index in [2.05, 4.69) is 15.6 Å². The molecular weight excluding hydrogens is 282 g/mol. The van der Waals surface area contributed by atoms with Gasteiger partial charge in [0.25, 0.3) is 0 Å². The maximum Gasteiger partial charge on any atom is 0.332 e. The van der Waals surface area contributed by atoms with Crippen LogP contribution in [0.25, 0.3) is 0 Å². The predicted octanol–water partition coefficient (Wildman–Crippen LogP) is 1.72. The third kappa shape index (κ3) is 4.62. The molecule has 1 heterocycles. The van der Waals surface area contributed by atoms with Gasteiger partial charge >= 0.3 is 6.03 Å². The van der Waals surface area contributed by atoms with Crippen LogP contribution >= 0.6 is 0 Å². The number of primary amides is 1. The van der Waals surface area contributed by atoms with Crippen LogP contribution in [0, 0.1) is 0 Å². The molecule has 3 N–H and O–H groups in total. The normalized spacial score (nSPS) is 11.0. The number of nitrogens with two attached hydrogens (primary N) is 1. The molecule has 2 amide bonds. The summed E-state index contributed by atoms with van der Waals surface area (Å²) in [7, 11) is 0. The van der Waals surface area contributed by atoms with Crippen molar-refractivity contribution in [1.82, 2.24) is 15.2 Å². The molecule has 116 valence electrons. The third-order valence-corrected chi connectivity index (χ3v) is 2.73. The standard InChI is InChI=1S/C15H19N5O2/c1-11(2)22-14-5-4-12(9-17-19-15(16)21)8-13(14)10-20-7-3-6-18-20/h3-9,11H,10H2,1-2H3,(H3,16,19,21). The maximum absolute atomic E-state index is 10.6. The van der Waals surface area contributed by atoms with Crippen LogP contribution in [0.1, 0.15) is 25.0 Å². The summed E-state index contributed by atoms with van der Waals surface area (Å²) in [6.07, 6.45) is 5.21. The Morgan fingerprint density at radius 3 is 3.00 bits per heavy atom. The highest BCUT2D eigenvalue weighted by molar-refractivity contribution is 5.82. The Morgan fingerprint density at radius 1 is 1.55 bits per heavy atom. The molecule has 0 unspecified atom stereocenters. The van der Waals surface area contributed by atoms with Crippen LogP contribution in [0.4, 0.5) is 4.79 Å². The lowest BCUT2D eigenvalue weighted by Crippen LogP contribution is -2.24. The van der Waals surface area contributed by atoms with Gasteiger partial charge in [-0.1, -0.05) is 0 Å². The number of nitrogens with zero attached hydrogens (tertiary/aromatic N) is 3. The average Bonchev–Trinajstić information content (AvgIpc) is 2.93. The fraction of sp³-hybridized carbons (Fsp3) is 0.267. The summed E-state index contributed by atoms with van der Waals surface area (Å²) in [5.74, 6) is 0.797. The molecule has 0 bridgehead atoms. The summed E-state index contributed by atoms with van der Waals surface area (Å²) < 4.78 is 7.63. The average molecular weight is 301 g/mol. The highest BCUT2D eigenvalue weighted by atomic mass is 16.5. The van der Waals surface area contributed by atoms with Gasteiger partial charge in [-0.05, 0) is 43.7 Å². The van der Waals surface area contributed by atoms with Crippen LogP contribution in [-0.4, -0.2) is 28.1 Å². The lowest BCUT2D eigenvalue weighted by atomic mass is 10.1. The van der Waals surface area contributed by atoms with Gasteiger partial charge in [0, 0.05) is 18.0 Å². The maximum atomic E-state index is 10.6. The van der Waals surface area contributed by atoms with Crippen molar-refractivity contribution in [3.05, 3.63) is 47.8 Å². The summed E-state index contributed by atoms with van der Waals surface area (Å²) in [5, 5.41) is 7.96. The summed E-state index contributed by atoms with van der Waals surface area (Å²) in [4.78, 5) is 10.6. The van der Waals surface area contributed by atoms with Gasteiger partial charge in [0.1, 0.15) is 5.75 Å². The van der Waals surface area contributed by atoms with Crippen molar-refractivity contribution in [3.8, 4) is 5.75 Å². The quantitative estimate of drug-likeness (QED) is 0.628. The van der Waals surface area contributed by atoms with E-state index in [1.807, 2.05) is 49.0 Å². The summed E-state index contributed by atoms with van der Waals surface area (Å²) in [5.41, 5.74) is 8.92. The smallest absolute Gasteiger partial charge is 0.332 e. The topological polar surface area (TPSA) is 94.5 Å². The van der Waals surface area contributed by atoms with Crippen molar-refractivity contribution in [2.24, 2.45) is 10.8 Å². The number of carbonyl (C=O) groups is 1. The van der Waals surface area contributed by atoms with Gasteiger partial charge in [-0.2, -0.15) is 10.2 Å². The molecule has 0 saturated carbocycles. The molecule has 0 aliphatic carbocycles. The number of aromatic nitrogens is 2. The number of amides is 2. The lowest BCUT2D eigenvalue weighted by molar-refractivity contribution is 0.239. The number of nitrogens with one attached hydrogen (secondary N) is 1. The van der Waals surface area contributed by atoms with Gasteiger partial charge in [0.2, 0.25) is 0 Å². The zero-order valence-electron chi connectivity index (χ0n) is 12.6. The number of urea groups is 1. The van der Waals surface area contributed by atoms with E-state index in [1.165, 1.54) is 6.21 Å². The van der Waals surface area contributed by atoms with E-state index in [-0.39, 0.29) is 6.10 Å². The number of hydrogen-bond acceptors (Lipinski definition) is 4. The third-order valence-electron chi connectivity index (χ3n) is 2.73. The molecule has 0 radical (unpaired) electrons. The van der Waals surface area contributed by atoms with Crippen LogP contribution in [0.2, 0.25) is 0 Å². The molecule has 1 aromatic carbocycles. The molecule has 0 saturated heterocycles. The van der Waals surface area contributed by atoms with Gasteiger partial charge < -0.3 is 10.5 Å². The van der Waals surface area contributed by atoms with E-state index < -0.39 is 6.03 Å². The van der Waals surface area contributed by atoms with Crippen molar-refractivity contribution >= 4 is 12.2 Å². The molecule has 7 nitrogen and oxygen atoms in total. The first kappa shape index (κ1) is 15.6. The van der Waals surface area contributed by atoms with E-state index >= 15 is 0 Å². The Labute approximate surface area is 128 Å². The zero-order chi connectivity index (χ0) is 15.9. The molecule has 0 atom stereocenters. The number of benzene rings is 1. The molecule has 0 spiro atoms. The fourth-order valence-corrected chi connectivity index (χ4v) is 1.91. The first-order valence-corrected chi connectivity index (χ1v) is 6.90. The van der Waals surface area contributed by atoms with Gasteiger partial charge in [-0.15, -0.1) is 0 Å².